The number of fused-ring (bicyclic) bond motifs is 1. The molecule has 0 radical (unpaired) electrons. The van der Waals surface area contributed by atoms with E-state index in [1.807, 2.05) is 0 Å². The maximum Gasteiger partial charge on any atom is 0.255 e. The van der Waals surface area contributed by atoms with Crippen LogP contribution in [0.5, 0.6) is 0 Å². The largest absolute Gasteiger partial charge is 0.366 e. The lowest BCUT2D eigenvalue weighted by Crippen LogP contribution is -2.18. The van der Waals surface area contributed by atoms with Gasteiger partial charge in [0.25, 0.3) is 5.91 Å². The Morgan fingerprint density at radius 3 is 2.21 bits per heavy atom. The number of carbonyl (C=O) groups excluding carboxylic acids is 3. The molecule has 0 aliphatic rings. The van der Waals surface area contributed by atoms with E-state index in [-0.39, 0.29) is 22.7 Å². The van der Waals surface area contributed by atoms with E-state index in [9.17, 15) is 14.4 Å². The quantitative estimate of drug-likeness (QED) is 0.668. The van der Waals surface area contributed by atoms with Crippen LogP contribution in [0.15, 0.2) is 41.9 Å². The van der Waals surface area contributed by atoms with Crippen LogP contribution in [0.4, 0.5) is 5.69 Å². The summed E-state index contributed by atoms with van der Waals surface area (Å²) < 4.78 is 0.881. The normalized spacial score (nSPS) is 10.5. The van der Waals surface area contributed by atoms with Crippen molar-refractivity contribution < 1.29 is 14.4 Å². The van der Waals surface area contributed by atoms with Gasteiger partial charge >= 0.3 is 0 Å². The van der Waals surface area contributed by atoms with Crippen LogP contribution in [0.1, 0.15) is 31.1 Å². The summed E-state index contributed by atoms with van der Waals surface area (Å²) in [6.07, 6.45) is 0. The Hall–Kier alpha value is -3.26. The molecule has 24 heavy (non-hydrogen) atoms. The van der Waals surface area contributed by atoms with Crippen molar-refractivity contribution in [3.05, 3.63) is 58.6 Å². The van der Waals surface area contributed by atoms with Crippen molar-refractivity contribution in [3.8, 4) is 0 Å². The van der Waals surface area contributed by atoms with Crippen molar-refractivity contribution >= 4 is 45.0 Å². The van der Waals surface area contributed by atoms with E-state index in [4.69, 9.17) is 11.5 Å². The van der Waals surface area contributed by atoms with E-state index in [0.717, 1.165) is 10.2 Å². The van der Waals surface area contributed by atoms with Crippen LogP contribution < -0.4 is 16.8 Å². The van der Waals surface area contributed by atoms with Crippen LogP contribution >= 0.6 is 11.3 Å². The lowest BCUT2D eigenvalue weighted by atomic mass is 10.1. The van der Waals surface area contributed by atoms with E-state index >= 15 is 0 Å². The van der Waals surface area contributed by atoms with Crippen LogP contribution in [-0.2, 0) is 0 Å². The number of carbonyl (C=O) groups is 3. The fraction of sp³-hybridized carbons (Fsp3) is 0. The zero-order valence-corrected chi connectivity index (χ0v) is 13.1. The first-order chi connectivity index (χ1) is 11.4. The number of benzene rings is 2. The van der Waals surface area contributed by atoms with Crippen molar-refractivity contribution in [2.45, 2.75) is 0 Å². The number of anilines is 1. The van der Waals surface area contributed by atoms with E-state index in [2.05, 4.69) is 10.3 Å². The molecule has 8 heteroatoms. The zero-order valence-electron chi connectivity index (χ0n) is 12.3. The molecule has 2 aromatic carbocycles. The van der Waals surface area contributed by atoms with Crippen LogP contribution in [0, 0.1) is 0 Å². The number of nitrogens with two attached hydrogens (primary N) is 2. The average molecular weight is 340 g/mol. The minimum atomic E-state index is -0.723. The van der Waals surface area contributed by atoms with Crippen molar-refractivity contribution in [2.24, 2.45) is 11.5 Å². The van der Waals surface area contributed by atoms with Gasteiger partial charge in [0.15, 0.2) is 0 Å². The Balaban J connectivity index is 1.92. The van der Waals surface area contributed by atoms with Gasteiger partial charge in [0.1, 0.15) is 0 Å². The average Bonchev–Trinajstić information content (AvgIpc) is 3.01. The molecule has 0 aliphatic carbocycles. The minimum Gasteiger partial charge on any atom is -0.366 e. The van der Waals surface area contributed by atoms with Crippen molar-refractivity contribution in [3.63, 3.8) is 0 Å². The van der Waals surface area contributed by atoms with Gasteiger partial charge in [0.05, 0.1) is 15.7 Å². The van der Waals surface area contributed by atoms with E-state index in [0.29, 0.717) is 5.56 Å². The third-order valence-electron chi connectivity index (χ3n) is 3.35. The number of aromatic nitrogens is 1. The summed E-state index contributed by atoms with van der Waals surface area (Å²) in [6, 6.07) is 9.16. The van der Waals surface area contributed by atoms with Crippen LogP contribution in [0.3, 0.4) is 0 Å². The second-order valence-corrected chi connectivity index (χ2v) is 5.90. The molecule has 3 aromatic rings. The molecule has 1 heterocycles. The molecular weight excluding hydrogens is 328 g/mol. The fourth-order valence-corrected chi connectivity index (χ4v) is 2.90. The fourth-order valence-electron chi connectivity index (χ4n) is 2.18. The summed E-state index contributed by atoms with van der Waals surface area (Å²) in [6.45, 7) is 0. The van der Waals surface area contributed by atoms with Crippen LogP contribution in [0.2, 0.25) is 0 Å². The molecule has 0 fully saturated rings. The van der Waals surface area contributed by atoms with Crippen molar-refractivity contribution in [2.75, 3.05) is 5.32 Å². The van der Waals surface area contributed by atoms with Gasteiger partial charge in [-0.2, -0.15) is 0 Å². The van der Waals surface area contributed by atoms with Gasteiger partial charge in [-0.05, 0) is 36.4 Å². The van der Waals surface area contributed by atoms with Crippen LogP contribution in [-0.4, -0.2) is 22.7 Å². The summed E-state index contributed by atoms with van der Waals surface area (Å²) in [5.41, 5.74) is 13.8. The van der Waals surface area contributed by atoms with Crippen LogP contribution in [0.25, 0.3) is 10.2 Å². The number of rotatable bonds is 4. The Kier molecular flexibility index (Phi) is 3.97. The topological polar surface area (TPSA) is 128 Å². The molecule has 5 N–H and O–H groups in total. The molecule has 3 rings (SSSR count). The summed E-state index contributed by atoms with van der Waals surface area (Å²) in [7, 11) is 0. The molecule has 0 bridgehead atoms. The number of hydrogen-bond donors (Lipinski definition) is 3. The first-order valence-corrected chi connectivity index (χ1v) is 7.71. The SMILES string of the molecule is NC(=O)c1cc(NC(=O)c2ccc3ncsc3c2)cc(C(N)=O)c1. The molecule has 0 spiro atoms. The molecule has 0 saturated carbocycles. The van der Waals surface area contributed by atoms with Gasteiger partial charge in [0, 0.05) is 22.4 Å². The summed E-state index contributed by atoms with van der Waals surface area (Å²) in [5, 5.41) is 2.64. The number of nitrogens with zero attached hydrogens (tertiary/aromatic N) is 1. The van der Waals surface area contributed by atoms with E-state index in [1.54, 1.807) is 23.7 Å². The second-order valence-electron chi connectivity index (χ2n) is 5.02. The highest BCUT2D eigenvalue weighted by atomic mass is 32.1. The van der Waals surface area contributed by atoms with Crippen molar-refractivity contribution in [1.29, 1.82) is 0 Å². The van der Waals surface area contributed by atoms with Gasteiger partial charge in [-0.1, -0.05) is 0 Å². The first kappa shape index (κ1) is 15.6. The Morgan fingerprint density at radius 2 is 1.58 bits per heavy atom. The highest BCUT2D eigenvalue weighted by molar-refractivity contribution is 7.16. The first-order valence-electron chi connectivity index (χ1n) is 6.83. The van der Waals surface area contributed by atoms with Gasteiger partial charge in [-0.15, -0.1) is 11.3 Å². The molecular formula is C16H12N4O3S. The third-order valence-corrected chi connectivity index (χ3v) is 4.15. The highest BCUT2D eigenvalue weighted by Gasteiger charge is 2.12. The summed E-state index contributed by atoms with van der Waals surface area (Å²) >= 11 is 1.42. The lowest BCUT2D eigenvalue weighted by Gasteiger charge is -2.08. The van der Waals surface area contributed by atoms with E-state index < -0.39 is 11.8 Å². The molecule has 3 amide bonds. The number of thiazole rings is 1. The molecule has 0 unspecified atom stereocenters. The Bertz CT molecular complexity index is 948. The Labute approximate surface area is 140 Å². The summed E-state index contributed by atoms with van der Waals surface area (Å²) in [5.74, 6) is -1.83. The number of amides is 3. The molecule has 1 aromatic heterocycles. The molecule has 0 atom stereocenters. The van der Waals surface area contributed by atoms with Gasteiger partial charge in [-0.3, -0.25) is 14.4 Å². The monoisotopic (exact) mass is 340 g/mol. The standard InChI is InChI=1S/C16H12N4O3S/c17-14(21)9-3-10(15(18)22)5-11(4-9)20-16(23)8-1-2-12-13(6-8)24-7-19-12/h1-7H,(H2,17,21)(H2,18,22)(H,20,23). The van der Waals surface area contributed by atoms with Gasteiger partial charge in [-0.25, -0.2) is 4.98 Å². The zero-order chi connectivity index (χ0) is 17.3. The number of nitrogens with one attached hydrogen (secondary N) is 1. The third kappa shape index (κ3) is 3.08. The predicted octanol–water partition coefficient (Wildman–Crippen LogP) is 1.75. The maximum atomic E-state index is 12.4. The molecule has 0 aliphatic heterocycles. The number of primary amides is 2. The van der Waals surface area contributed by atoms with E-state index in [1.165, 1.54) is 29.5 Å². The summed E-state index contributed by atoms with van der Waals surface area (Å²) in [4.78, 5) is 39.2. The highest BCUT2D eigenvalue weighted by Crippen LogP contribution is 2.21. The number of hydrogen-bond acceptors (Lipinski definition) is 5. The second kappa shape index (κ2) is 6.09. The molecule has 0 saturated heterocycles. The molecule has 120 valence electrons. The van der Waals surface area contributed by atoms with Crippen molar-refractivity contribution in [1.82, 2.24) is 4.98 Å². The van der Waals surface area contributed by atoms with Gasteiger partial charge < -0.3 is 16.8 Å². The predicted molar refractivity (Wildman–Crippen MR) is 91.1 cm³/mol. The lowest BCUT2D eigenvalue weighted by molar-refractivity contribution is 0.0994. The minimum absolute atomic E-state index is 0.0829. The smallest absolute Gasteiger partial charge is 0.255 e. The van der Waals surface area contributed by atoms with Gasteiger partial charge in [0.2, 0.25) is 11.8 Å². The Morgan fingerprint density at radius 1 is 0.917 bits per heavy atom. The maximum absolute atomic E-state index is 12.4. The molecule has 7 nitrogen and oxygen atoms in total.